The molecular formula is C13H11ClN2O. The Kier molecular flexibility index (Phi) is 2.48. The second-order valence-corrected chi connectivity index (χ2v) is 4.59. The minimum absolute atomic E-state index is 0.0160. The van der Waals surface area contributed by atoms with Crippen molar-refractivity contribution >= 4 is 17.4 Å². The minimum atomic E-state index is 0.0160. The van der Waals surface area contributed by atoms with Crippen LogP contribution < -0.4 is 0 Å². The van der Waals surface area contributed by atoms with Gasteiger partial charge in [-0.3, -0.25) is 4.79 Å². The number of carbonyl (C=O) groups is 1. The average molecular weight is 247 g/mol. The number of imidazole rings is 1. The molecule has 3 nitrogen and oxygen atoms in total. The SMILES string of the molecule is O=C(c1ccc(Cl)cc1)c1cnc2n1CCC2. The molecular weight excluding hydrogens is 236 g/mol. The molecule has 1 aliphatic rings. The van der Waals surface area contributed by atoms with E-state index in [1.165, 1.54) is 0 Å². The van der Waals surface area contributed by atoms with Gasteiger partial charge in [-0.1, -0.05) is 11.6 Å². The number of halogens is 1. The van der Waals surface area contributed by atoms with Crippen LogP contribution in [0, 0.1) is 0 Å². The minimum Gasteiger partial charge on any atom is -0.325 e. The second-order valence-electron chi connectivity index (χ2n) is 4.15. The maximum absolute atomic E-state index is 12.3. The molecule has 0 spiro atoms. The molecule has 0 amide bonds. The molecule has 1 aromatic heterocycles. The summed E-state index contributed by atoms with van der Waals surface area (Å²) < 4.78 is 2.01. The van der Waals surface area contributed by atoms with Crippen molar-refractivity contribution in [2.24, 2.45) is 0 Å². The van der Waals surface area contributed by atoms with E-state index >= 15 is 0 Å². The molecule has 0 N–H and O–H groups in total. The van der Waals surface area contributed by atoms with Crippen LogP contribution in [0.2, 0.25) is 5.02 Å². The van der Waals surface area contributed by atoms with Crippen LogP contribution in [0.25, 0.3) is 0 Å². The van der Waals surface area contributed by atoms with Crippen molar-refractivity contribution in [3.8, 4) is 0 Å². The van der Waals surface area contributed by atoms with E-state index in [-0.39, 0.29) is 5.78 Å². The second kappa shape index (κ2) is 4.00. The molecule has 4 heteroatoms. The summed E-state index contributed by atoms with van der Waals surface area (Å²) in [6, 6.07) is 6.96. The Morgan fingerprint density at radius 2 is 2.06 bits per heavy atom. The van der Waals surface area contributed by atoms with Gasteiger partial charge < -0.3 is 4.57 Å². The maximum Gasteiger partial charge on any atom is 0.211 e. The zero-order chi connectivity index (χ0) is 11.8. The Morgan fingerprint density at radius 3 is 2.82 bits per heavy atom. The summed E-state index contributed by atoms with van der Waals surface area (Å²) in [5.41, 5.74) is 1.34. The fraction of sp³-hybridized carbons (Fsp3) is 0.231. The molecule has 0 saturated heterocycles. The van der Waals surface area contributed by atoms with Crippen molar-refractivity contribution in [2.75, 3.05) is 0 Å². The summed E-state index contributed by atoms with van der Waals surface area (Å²) in [4.78, 5) is 16.6. The van der Waals surface area contributed by atoms with Gasteiger partial charge in [0.15, 0.2) is 0 Å². The molecule has 0 bridgehead atoms. The molecule has 0 radical (unpaired) electrons. The van der Waals surface area contributed by atoms with E-state index in [9.17, 15) is 4.79 Å². The van der Waals surface area contributed by atoms with Crippen LogP contribution in [0.1, 0.15) is 28.3 Å². The van der Waals surface area contributed by atoms with Crippen molar-refractivity contribution in [2.45, 2.75) is 19.4 Å². The number of nitrogens with zero attached hydrogens (tertiary/aromatic N) is 2. The van der Waals surface area contributed by atoms with E-state index in [0.717, 1.165) is 25.2 Å². The highest BCUT2D eigenvalue weighted by Crippen LogP contribution is 2.19. The standard InChI is InChI=1S/C13H11ClN2O/c14-10-5-3-9(4-6-10)13(17)11-8-15-12-2-1-7-16(11)12/h3-6,8H,1-2,7H2. The van der Waals surface area contributed by atoms with Gasteiger partial charge in [0.05, 0.1) is 6.20 Å². The van der Waals surface area contributed by atoms with Gasteiger partial charge in [0.25, 0.3) is 0 Å². The Bertz CT molecular complexity index is 572. The number of benzene rings is 1. The highest BCUT2D eigenvalue weighted by molar-refractivity contribution is 6.30. The lowest BCUT2D eigenvalue weighted by Crippen LogP contribution is -2.08. The summed E-state index contributed by atoms with van der Waals surface area (Å²) in [5.74, 6) is 1.03. The molecule has 3 rings (SSSR count). The lowest BCUT2D eigenvalue weighted by molar-refractivity contribution is 0.103. The largest absolute Gasteiger partial charge is 0.325 e. The predicted molar refractivity (Wildman–Crippen MR) is 65.4 cm³/mol. The topological polar surface area (TPSA) is 34.9 Å². The molecule has 17 heavy (non-hydrogen) atoms. The molecule has 1 aromatic carbocycles. The Hall–Kier alpha value is -1.61. The van der Waals surface area contributed by atoms with Crippen LogP contribution in [-0.4, -0.2) is 15.3 Å². The fourth-order valence-electron chi connectivity index (χ4n) is 2.19. The summed E-state index contributed by atoms with van der Waals surface area (Å²) in [6.07, 6.45) is 3.71. The van der Waals surface area contributed by atoms with Gasteiger partial charge in [0.2, 0.25) is 5.78 Å². The smallest absolute Gasteiger partial charge is 0.211 e. The number of hydrogen-bond donors (Lipinski definition) is 0. The highest BCUT2D eigenvalue weighted by atomic mass is 35.5. The number of fused-ring (bicyclic) bond motifs is 1. The lowest BCUT2D eigenvalue weighted by atomic mass is 10.1. The lowest BCUT2D eigenvalue weighted by Gasteiger charge is -2.04. The van der Waals surface area contributed by atoms with E-state index < -0.39 is 0 Å². The van der Waals surface area contributed by atoms with Crippen molar-refractivity contribution in [3.63, 3.8) is 0 Å². The average Bonchev–Trinajstić information content (AvgIpc) is 2.90. The van der Waals surface area contributed by atoms with Crippen molar-refractivity contribution in [1.82, 2.24) is 9.55 Å². The van der Waals surface area contributed by atoms with Crippen molar-refractivity contribution < 1.29 is 4.79 Å². The Balaban J connectivity index is 1.99. The van der Waals surface area contributed by atoms with Gasteiger partial charge in [0, 0.05) is 23.6 Å². The van der Waals surface area contributed by atoms with Crippen LogP contribution in [0.5, 0.6) is 0 Å². The number of carbonyl (C=O) groups excluding carboxylic acids is 1. The van der Waals surface area contributed by atoms with Crippen LogP contribution in [0.4, 0.5) is 0 Å². The third-order valence-electron chi connectivity index (χ3n) is 3.06. The molecule has 1 aliphatic heterocycles. The fourth-order valence-corrected chi connectivity index (χ4v) is 2.31. The summed E-state index contributed by atoms with van der Waals surface area (Å²) >= 11 is 5.81. The normalized spacial score (nSPS) is 13.7. The first-order valence-corrected chi connectivity index (χ1v) is 5.98. The monoisotopic (exact) mass is 246 g/mol. The van der Waals surface area contributed by atoms with Gasteiger partial charge in [-0.05, 0) is 30.7 Å². The third-order valence-corrected chi connectivity index (χ3v) is 3.31. The molecule has 2 heterocycles. The Morgan fingerprint density at radius 1 is 1.29 bits per heavy atom. The number of aryl methyl sites for hydroxylation is 1. The number of rotatable bonds is 2. The van der Waals surface area contributed by atoms with E-state index in [1.807, 2.05) is 4.57 Å². The molecule has 0 atom stereocenters. The van der Waals surface area contributed by atoms with Crippen LogP contribution in [0.15, 0.2) is 30.5 Å². The summed E-state index contributed by atoms with van der Waals surface area (Å²) in [5, 5.41) is 0.639. The molecule has 0 aliphatic carbocycles. The van der Waals surface area contributed by atoms with E-state index in [2.05, 4.69) is 4.98 Å². The maximum atomic E-state index is 12.3. The Labute approximate surface area is 104 Å². The zero-order valence-corrected chi connectivity index (χ0v) is 9.94. The molecule has 0 saturated carbocycles. The van der Waals surface area contributed by atoms with Crippen LogP contribution in [-0.2, 0) is 13.0 Å². The van der Waals surface area contributed by atoms with E-state index in [4.69, 9.17) is 11.6 Å². The molecule has 0 fully saturated rings. The summed E-state index contributed by atoms with van der Waals surface area (Å²) in [7, 11) is 0. The molecule has 0 unspecified atom stereocenters. The number of hydrogen-bond acceptors (Lipinski definition) is 2. The first kappa shape index (κ1) is 10.5. The first-order chi connectivity index (χ1) is 8.25. The predicted octanol–water partition coefficient (Wildman–Crippen LogP) is 2.71. The van der Waals surface area contributed by atoms with Crippen molar-refractivity contribution in [1.29, 1.82) is 0 Å². The third kappa shape index (κ3) is 1.76. The van der Waals surface area contributed by atoms with Gasteiger partial charge in [-0.25, -0.2) is 4.98 Å². The zero-order valence-electron chi connectivity index (χ0n) is 9.19. The molecule has 86 valence electrons. The number of aromatic nitrogens is 2. The van der Waals surface area contributed by atoms with Crippen LogP contribution in [0.3, 0.4) is 0 Å². The molecule has 2 aromatic rings. The van der Waals surface area contributed by atoms with E-state index in [0.29, 0.717) is 16.3 Å². The number of ketones is 1. The van der Waals surface area contributed by atoms with Crippen LogP contribution >= 0.6 is 11.6 Å². The first-order valence-electron chi connectivity index (χ1n) is 5.60. The van der Waals surface area contributed by atoms with Gasteiger partial charge in [0.1, 0.15) is 11.5 Å². The quantitative estimate of drug-likeness (QED) is 0.764. The van der Waals surface area contributed by atoms with Gasteiger partial charge in [-0.15, -0.1) is 0 Å². The summed E-state index contributed by atoms with van der Waals surface area (Å²) in [6.45, 7) is 0.893. The van der Waals surface area contributed by atoms with Gasteiger partial charge >= 0.3 is 0 Å². The van der Waals surface area contributed by atoms with E-state index in [1.54, 1.807) is 30.5 Å². The van der Waals surface area contributed by atoms with Crippen molar-refractivity contribution in [3.05, 3.63) is 52.6 Å². The van der Waals surface area contributed by atoms with Gasteiger partial charge in [-0.2, -0.15) is 0 Å². The highest BCUT2D eigenvalue weighted by Gasteiger charge is 2.20.